The molecule has 0 unspecified atom stereocenters. The Morgan fingerprint density at radius 3 is 2.70 bits per heavy atom. The second kappa shape index (κ2) is 3.18. The lowest BCUT2D eigenvalue weighted by Gasteiger charge is -2.00. The highest BCUT2D eigenvalue weighted by Gasteiger charge is 1.97. The van der Waals surface area contributed by atoms with Crippen LogP contribution in [-0.4, -0.2) is 7.05 Å². The quantitative estimate of drug-likeness (QED) is 0.756. The first-order valence-electron chi connectivity index (χ1n) is 2.87. The molecule has 1 rings (SSSR count). The maximum atomic E-state index is 12.8. The van der Waals surface area contributed by atoms with Gasteiger partial charge in [-0.15, -0.1) is 0 Å². The molecule has 0 saturated carbocycles. The van der Waals surface area contributed by atoms with Crippen molar-refractivity contribution in [3.05, 3.63) is 27.6 Å². The fourth-order valence-electron chi connectivity index (χ4n) is 0.692. The van der Waals surface area contributed by atoms with Crippen LogP contribution in [0, 0.1) is 9.39 Å². The Hall–Kier alpha value is -0.320. The Labute approximate surface area is 72.8 Å². The Kier molecular flexibility index (Phi) is 2.48. The number of hydrogen-bond donors (Lipinski definition) is 1. The minimum atomic E-state index is -0.200. The van der Waals surface area contributed by atoms with Crippen LogP contribution in [0.1, 0.15) is 0 Å². The van der Waals surface area contributed by atoms with Crippen LogP contribution in [0.2, 0.25) is 0 Å². The zero-order chi connectivity index (χ0) is 7.56. The van der Waals surface area contributed by atoms with Gasteiger partial charge in [0.15, 0.2) is 0 Å². The fraction of sp³-hybridized carbons (Fsp3) is 0.143. The number of rotatable bonds is 1. The van der Waals surface area contributed by atoms with E-state index in [4.69, 9.17) is 0 Å². The van der Waals surface area contributed by atoms with E-state index in [1.807, 2.05) is 6.07 Å². The third-order valence-electron chi connectivity index (χ3n) is 1.20. The first-order valence-corrected chi connectivity index (χ1v) is 3.94. The summed E-state index contributed by atoms with van der Waals surface area (Å²) in [5, 5.41) is 2.74. The van der Waals surface area contributed by atoms with Gasteiger partial charge in [0.2, 0.25) is 0 Å². The number of hydrogen-bond acceptors (Lipinski definition) is 1. The van der Waals surface area contributed by atoms with Crippen LogP contribution in [0.4, 0.5) is 10.1 Å². The summed E-state index contributed by atoms with van der Waals surface area (Å²) in [6, 6.07) is 5.07. The van der Waals surface area contributed by atoms with Gasteiger partial charge in [0.25, 0.3) is 0 Å². The maximum Gasteiger partial charge on any atom is 0.147 e. The molecule has 0 aromatic heterocycles. The highest BCUT2D eigenvalue weighted by atomic mass is 127. The predicted octanol–water partition coefficient (Wildman–Crippen LogP) is 2.47. The van der Waals surface area contributed by atoms with E-state index in [1.165, 1.54) is 6.07 Å². The molecule has 10 heavy (non-hydrogen) atoms. The van der Waals surface area contributed by atoms with Crippen molar-refractivity contribution in [1.82, 2.24) is 0 Å². The largest absolute Gasteiger partial charge is 0.386 e. The van der Waals surface area contributed by atoms with Crippen LogP contribution in [0.25, 0.3) is 0 Å². The molecule has 1 N–H and O–H groups in total. The summed E-state index contributed by atoms with van der Waals surface area (Å²) in [5.74, 6) is -0.200. The molecule has 1 nitrogen and oxygen atoms in total. The van der Waals surface area contributed by atoms with Gasteiger partial charge in [-0.1, -0.05) is 0 Å². The molecule has 0 heterocycles. The lowest BCUT2D eigenvalue weighted by molar-refractivity contribution is 0.630. The van der Waals surface area contributed by atoms with Crippen molar-refractivity contribution in [2.75, 3.05) is 12.4 Å². The molecule has 3 heteroatoms. The molecular formula is C7H7FIN. The third-order valence-corrected chi connectivity index (χ3v) is 1.87. The third kappa shape index (κ3) is 1.59. The van der Waals surface area contributed by atoms with Crippen LogP contribution in [-0.2, 0) is 0 Å². The summed E-state index contributed by atoms with van der Waals surface area (Å²) in [6.07, 6.45) is 0. The van der Waals surface area contributed by atoms with Crippen LogP contribution < -0.4 is 5.32 Å². The number of benzene rings is 1. The molecule has 0 aliphatic heterocycles. The normalized spacial score (nSPS) is 9.50. The van der Waals surface area contributed by atoms with Crippen LogP contribution in [0.15, 0.2) is 18.2 Å². The molecule has 1 aromatic carbocycles. The predicted molar refractivity (Wildman–Crippen MR) is 48.7 cm³/mol. The summed E-state index contributed by atoms with van der Waals surface area (Å²) in [5.41, 5.74) is 0.542. The van der Waals surface area contributed by atoms with Crippen molar-refractivity contribution < 1.29 is 4.39 Å². The molecular weight excluding hydrogens is 244 g/mol. The molecule has 1 aromatic rings. The van der Waals surface area contributed by atoms with Crippen molar-refractivity contribution in [2.24, 2.45) is 0 Å². The Bertz CT molecular complexity index is 237. The van der Waals surface area contributed by atoms with E-state index in [0.717, 1.165) is 3.57 Å². The summed E-state index contributed by atoms with van der Waals surface area (Å²) >= 11 is 2.07. The van der Waals surface area contributed by atoms with E-state index in [9.17, 15) is 4.39 Å². The van der Waals surface area contributed by atoms with E-state index in [0.29, 0.717) is 5.69 Å². The van der Waals surface area contributed by atoms with E-state index in [2.05, 4.69) is 27.9 Å². The van der Waals surface area contributed by atoms with Gasteiger partial charge in [-0.05, 0) is 40.8 Å². The van der Waals surface area contributed by atoms with Gasteiger partial charge in [0.05, 0.1) is 5.69 Å². The average Bonchev–Trinajstić information content (AvgIpc) is 1.88. The lowest BCUT2D eigenvalue weighted by atomic mass is 10.3. The van der Waals surface area contributed by atoms with Crippen molar-refractivity contribution in [1.29, 1.82) is 0 Å². The average molecular weight is 251 g/mol. The van der Waals surface area contributed by atoms with Crippen LogP contribution >= 0.6 is 22.6 Å². The number of nitrogens with one attached hydrogen (secondary N) is 1. The maximum absolute atomic E-state index is 12.8. The SMILES string of the molecule is CNc1ccc(I)cc1F. The Morgan fingerprint density at radius 2 is 2.20 bits per heavy atom. The van der Waals surface area contributed by atoms with Crippen molar-refractivity contribution in [3.8, 4) is 0 Å². The van der Waals surface area contributed by atoms with E-state index in [1.54, 1.807) is 13.1 Å². The van der Waals surface area contributed by atoms with E-state index in [-0.39, 0.29) is 5.82 Å². The zero-order valence-corrected chi connectivity index (χ0v) is 7.65. The van der Waals surface area contributed by atoms with Crippen LogP contribution in [0.5, 0.6) is 0 Å². The molecule has 0 saturated heterocycles. The highest BCUT2D eigenvalue weighted by molar-refractivity contribution is 14.1. The second-order valence-electron chi connectivity index (χ2n) is 1.87. The molecule has 0 bridgehead atoms. The minimum Gasteiger partial charge on any atom is -0.386 e. The zero-order valence-electron chi connectivity index (χ0n) is 5.49. The van der Waals surface area contributed by atoms with Crippen molar-refractivity contribution in [3.63, 3.8) is 0 Å². The molecule has 0 atom stereocenters. The molecule has 0 aliphatic carbocycles. The Morgan fingerprint density at radius 1 is 1.50 bits per heavy atom. The number of halogens is 2. The molecule has 0 amide bonds. The lowest BCUT2D eigenvalue weighted by Crippen LogP contribution is -1.91. The summed E-state index contributed by atoms with van der Waals surface area (Å²) in [6.45, 7) is 0. The molecule has 54 valence electrons. The first-order chi connectivity index (χ1) is 4.74. The topological polar surface area (TPSA) is 12.0 Å². The standard InChI is InChI=1S/C7H7FIN/c1-10-7-3-2-5(9)4-6(7)8/h2-4,10H,1H3. The Balaban J connectivity index is 3.07. The van der Waals surface area contributed by atoms with Gasteiger partial charge >= 0.3 is 0 Å². The van der Waals surface area contributed by atoms with Crippen molar-refractivity contribution in [2.45, 2.75) is 0 Å². The summed E-state index contributed by atoms with van der Waals surface area (Å²) < 4.78 is 13.7. The monoisotopic (exact) mass is 251 g/mol. The second-order valence-corrected chi connectivity index (χ2v) is 3.12. The summed E-state index contributed by atoms with van der Waals surface area (Å²) in [4.78, 5) is 0. The van der Waals surface area contributed by atoms with Gasteiger partial charge < -0.3 is 5.32 Å². The molecule has 0 fully saturated rings. The van der Waals surface area contributed by atoms with Gasteiger partial charge in [-0.25, -0.2) is 4.39 Å². The summed E-state index contributed by atoms with van der Waals surface area (Å²) in [7, 11) is 1.70. The van der Waals surface area contributed by atoms with Gasteiger partial charge in [0, 0.05) is 10.6 Å². The minimum absolute atomic E-state index is 0.200. The smallest absolute Gasteiger partial charge is 0.147 e. The van der Waals surface area contributed by atoms with Gasteiger partial charge in [-0.2, -0.15) is 0 Å². The molecule has 0 spiro atoms. The number of anilines is 1. The highest BCUT2D eigenvalue weighted by Crippen LogP contribution is 2.15. The van der Waals surface area contributed by atoms with Gasteiger partial charge in [0.1, 0.15) is 5.82 Å². The molecule has 0 aliphatic rings. The van der Waals surface area contributed by atoms with E-state index < -0.39 is 0 Å². The van der Waals surface area contributed by atoms with E-state index >= 15 is 0 Å². The fourth-order valence-corrected chi connectivity index (χ4v) is 1.15. The van der Waals surface area contributed by atoms with Gasteiger partial charge in [-0.3, -0.25) is 0 Å². The van der Waals surface area contributed by atoms with Crippen LogP contribution in [0.3, 0.4) is 0 Å². The first kappa shape index (κ1) is 7.78. The molecule has 0 radical (unpaired) electrons. The van der Waals surface area contributed by atoms with Crippen molar-refractivity contribution >= 4 is 28.3 Å².